The number of aromatic amines is 1. The summed E-state index contributed by atoms with van der Waals surface area (Å²) in [6.07, 6.45) is -0.139. The fourth-order valence-electron chi connectivity index (χ4n) is 4.11. The van der Waals surface area contributed by atoms with Crippen LogP contribution in [0, 0.1) is 19.7 Å². The molecule has 146 valence electrons. The summed E-state index contributed by atoms with van der Waals surface area (Å²) in [7, 11) is 0. The molecular weight excluding hydrogens is 367 g/mol. The normalized spacial score (nSPS) is 15.6. The highest BCUT2D eigenvalue weighted by atomic mass is 19.3. The number of amides is 1. The molecule has 0 bridgehead atoms. The highest BCUT2D eigenvalue weighted by Gasteiger charge is 2.39. The third-order valence-electron chi connectivity index (χ3n) is 5.42. The third kappa shape index (κ3) is 2.77. The summed E-state index contributed by atoms with van der Waals surface area (Å²) in [4.78, 5) is 14.6. The molecule has 1 amide bonds. The maximum absolute atomic E-state index is 15.3. The van der Waals surface area contributed by atoms with Crippen LogP contribution in [0.3, 0.4) is 0 Å². The maximum Gasteiger partial charge on any atom is 0.286 e. The Balaban J connectivity index is 2.10. The molecule has 2 aromatic carbocycles. The number of primary amides is 1. The minimum Gasteiger partial charge on any atom is -0.369 e. The lowest BCUT2D eigenvalue weighted by Crippen LogP contribution is -2.37. The van der Waals surface area contributed by atoms with Crippen molar-refractivity contribution in [3.8, 4) is 11.1 Å². The topological polar surface area (TPSA) is 70.9 Å². The first-order chi connectivity index (χ1) is 13.2. The predicted molar refractivity (Wildman–Crippen MR) is 102 cm³/mol. The summed E-state index contributed by atoms with van der Waals surface area (Å²) in [5.74, 6) is -4.35. The number of rotatable bonds is 3. The molecule has 1 aromatic heterocycles. The van der Waals surface area contributed by atoms with E-state index in [0.29, 0.717) is 28.6 Å². The molecule has 0 radical (unpaired) electrons. The molecule has 0 saturated carbocycles. The number of benzene rings is 2. The van der Waals surface area contributed by atoms with E-state index in [-0.39, 0.29) is 23.1 Å². The molecule has 28 heavy (non-hydrogen) atoms. The summed E-state index contributed by atoms with van der Waals surface area (Å²) in [5, 5.41) is 3.22. The van der Waals surface area contributed by atoms with Gasteiger partial charge in [0.05, 0.1) is 18.5 Å². The Labute approximate surface area is 159 Å². The third-order valence-corrected chi connectivity index (χ3v) is 5.42. The number of hydrogen-bond acceptors (Lipinski definition) is 2. The van der Waals surface area contributed by atoms with Crippen LogP contribution in [0.25, 0.3) is 22.0 Å². The lowest BCUT2D eigenvalue weighted by Gasteiger charge is -2.29. The number of H-pyrrole nitrogens is 1. The second-order valence-corrected chi connectivity index (χ2v) is 7.31. The van der Waals surface area contributed by atoms with E-state index >= 15 is 4.39 Å². The first-order valence-electron chi connectivity index (χ1n) is 9.00. The molecule has 7 heteroatoms. The number of hydrogen-bond donors (Lipinski definition) is 3. The van der Waals surface area contributed by atoms with Crippen molar-refractivity contribution in [2.24, 2.45) is 5.73 Å². The quantitative estimate of drug-likeness (QED) is 0.640. The number of fused-ring (bicyclic) bond motifs is 2. The predicted octanol–water partition coefficient (Wildman–Crippen LogP) is 3.81. The molecule has 1 aliphatic rings. The van der Waals surface area contributed by atoms with Gasteiger partial charge < -0.3 is 16.0 Å². The molecule has 0 atom stereocenters. The van der Waals surface area contributed by atoms with Gasteiger partial charge in [0.15, 0.2) is 0 Å². The average Bonchev–Trinajstić information content (AvgIpc) is 2.90. The van der Waals surface area contributed by atoms with Crippen LogP contribution in [0.5, 0.6) is 0 Å². The second kappa shape index (κ2) is 6.38. The molecule has 0 aliphatic carbocycles. The fourth-order valence-corrected chi connectivity index (χ4v) is 4.11. The van der Waals surface area contributed by atoms with Gasteiger partial charge in [0.2, 0.25) is 5.91 Å². The zero-order chi connectivity index (χ0) is 20.2. The Kier molecular flexibility index (Phi) is 4.23. The number of nitrogens with two attached hydrogens (primary N) is 1. The fraction of sp³-hybridized carbons (Fsp3) is 0.286. The van der Waals surface area contributed by atoms with Gasteiger partial charge in [0.1, 0.15) is 5.82 Å². The van der Waals surface area contributed by atoms with Gasteiger partial charge in [-0.2, -0.15) is 8.78 Å². The van der Waals surface area contributed by atoms with Crippen molar-refractivity contribution >= 4 is 16.8 Å². The Bertz CT molecular complexity index is 1120. The second-order valence-electron chi connectivity index (χ2n) is 7.31. The molecule has 2 heterocycles. The van der Waals surface area contributed by atoms with E-state index < -0.39 is 24.2 Å². The number of carbonyl (C=O) groups is 1. The van der Waals surface area contributed by atoms with Crippen LogP contribution >= 0.6 is 0 Å². The van der Waals surface area contributed by atoms with Gasteiger partial charge in [0, 0.05) is 28.8 Å². The number of alkyl halides is 2. The van der Waals surface area contributed by atoms with Crippen LogP contribution < -0.4 is 11.1 Å². The Hall–Kier alpha value is -2.80. The average molecular weight is 387 g/mol. The minimum atomic E-state index is -3.12. The SMILES string of the molecule is Cc1[nH]c2c(CC(N)=O)cc(F)c(-c3cccc4c3C(F)(F)CNC4)c2c1C. The van der Waals surface area contributed by atoms with Crippen molar-refractivity contribution in [1.29, 1.82) is 0 Å². The van der Waals surface area contributed by atoms with Gasteiger partial charge in [0.25, 0.3) is 5.92 Å². The first kappa shape index (κ1) is 18.6. The molecule has 0 unspecified atom stereocenters. The highest BCUT2D eigenvalue weighted by molar-refractivity contribution is 6.02. The monoisotopic (exact) mass is 387 g/mol. The van der Waals surface area contributed by atoms with Crippen LogP contribution in [0.15, 0.2) is 24.3 Å². The number of aromatic nitrogens is 1. The lowest BCUT2D eigenvalue weighted by atomic mass is 9.86. The summed E-state index contributed by atoms with van der Waals surface area (Å²) >= 11 is 0. The van der Waals surface area contributed by atoms with Gasteiger partial charge in [-0.25, -0.2) is 4.39 Å². The van der Waals surface area contributed by atoms with Gasteiger partial charge in [-0.1, -0.05) is 18.2 Å². The van der Waals surface area contributed by atoms with Crippen LogP contribution in [-0.4, -0.2) is 17.4 Å². The highest BCUT2D eigenvalue weighted by Crippen LogP contribution is 2.44. The minimum absolute atomic E-state index is 0.128. The summed E-state index contributed by atoms with van der Waals surface area (Å²) < 4.78 is 44.9. The van der Waals surface area contributed by atoms with E-state index in [1.807, 2.05) is 6.92 Å². The number of carbonyl (C=O) groups excluding carboxylic acids is 1. The van der Waals surface area contributed by atoms with Crippen molar-refractivity contribution in [2.45, 2.75) is 32.7 Å². The molecule has 0 fully saturated rings. The molecule has 4 rings (SSSR count). The van der Waals surface area contributed by atoms with Gasteiger partial charge in [-0.05, 0) is 42.2 Å². The zero-order valence-corrected chi connectivity index (χ0v) is 15.6. The maximum atomic E-state index is 15.3. The molecule has 4 nitrogen and oxygen atoms in total. The van der Waals surface area contributed by atoms with Crippen molar-refractivity contribution in [3.05, 3.63) is 58.0 Å². The van der Waals surface area contributed by atoms with E-state index in [1.165, 1.54) is 12.1 Å². The number of halogens is 3. The first-order valence-corrected chi connectivity index (χ1v) is 9.00. The Morgan fingerprint density at radius 1 is 1.29 bits per heavy atom. The van der Waals surface area contributed by atoms with E-state index in [4.69, 9.17) is 5.73 Å². The van der Waals surface area contributed by atoms with Crippen LogP contribution in [0.2, 0.25) is 0 Å². The van der Waals surface area contributed by atoms with Crippen LogP contribution in [0.4, 0.5) is 13.2 Å². The van der Waals surface area contributed by atoms with E-state index in [9.17, 15) is 13.6 Å². The molecule has 3 aromatic rings. The molecule has 1 aliphatic heterocycles. The lowest BCUT2D eigenvalue weighted by molar-refractivity contribution is -0.117. The van der Waals surface area contributed by atoms with E-state index in [2.05, 4.69) is 10.3 Å². The van der Waals surface area contributed by atoms with Crippen molar-refractivity contribution in [1.82, 2.24) is 10.3 Å². The van der Waals surface area contributed by atoms with Gasteiger partial charge in [-0.15, -0.1) is 0 Å². The zero-order valence-electron chi connectivity index (χ0n) is 15.6. The van der Waals surface area contributed by atoms with Crippen molar-refractivity contribution < 1.29 is 18.0 Å². The van der Waals surface area contributed by atoms with E-state index in [0.717, 1.165) is 11.3 Å². The van der Waals surface area contributed by atoms with Crippen molar-refractivity contribution in [2.75, 3.05) is 6.54 Å². The molecule has 4 N–H and O–H groups in total. The molecule has 0 saturated heterocycles. The smallest absolute Gasteiger partial charge is 0.286 e. The standard InChI is InChI=1S/C21H20F3N3O/c1-10-11(2)27-20-13(7-16(25)28)6-15(22)18(17(10)20)14-5-3-4-12-8-26-9-21(23,24)19(12)14/h3-6,26-27H,7-9H2,1-2H3,(H2,25,28). The Morgan fingerprint density at radius 2 is 2.04 bits per heavy atom. The molecule has 0 spiro atoms. The van der Waals surface area contributed by atoms with Crippen LogP contribution in [-0.2, 0) is 23.7 Å². The largest absolute Gasteiger partial charge is 0.369 e. The van der Waals surface area contributed by atoms with Crippen LogP contribution in [0.1, 0.15) is 27.9 Å². The van der Waals surface area contributed by atoms with Gasteiger partial charge in [-0.3, -0.25) is 4.79 Å². The summed E-state index contributed by atoms with van der Waals surface area (Å²) in [6, 6.07) is 6.04. The number of aryl methyl sites for hydroxylation is 2. The molecular formula is C21H20F3N3O. The van der Waals surface area contributed by atoms with Gasteiger partial charge >= 0.3 is 0 Å². The summed E-state index contributed by atoms with van der Waals surface area (Å²) in [6.45, 7) is 3.44. The van der Waals surface area contributed by atoms with E-state index in [1.54, 1.807) is 19.1 Å². The Morgan fingerprint density at radius 3 is 2.75 bits per heavy atom. The number of nitrogens with one attached hydrogen (secondary N) is 2. The summed E-state index contributed by atoms with van der Waals surface area (Å²) in [5.41, 5.74) is 8.43. The van der Waals surface area contributed by atoms with Crippen molar-refractivity contribution in [3.63, 3.8) is 0 Å².